The molecule has 0 atom stereocenters. The SMILES string of the molecule is CC(C)(C)[Si](C)(C)Oc1ccc(NC(=O)CC2CCN(c3ccc(Cl)cn3)CC2)nc1.Cc1ccc(N)nc1.O=C(O)CC1CCN(c2ccc(Cl)cn2)CC1. The predicted molar refractivity (Wildman–Crippen MR) is 229 cm³/mol. The quantitative estimate of drug-likeness (QED) is 0.138. The third-order valence-electron chi connectivity index (χ3n) is 10.4. The average Bonchev–Trinajstić information content (AvgIpc) is 3.15. The number of hydrogen-bond acceptors (Lipinski definition) is 10. The van der Waals surface area contributed by atoms with Crippen LogP contribution in [0.15, 0.2) is 73.3 Å². The van der Waals surface area contributed by atoms with Gasteiger partial charge in [0.2, 0.25) is 5.91 Å². The van der Waals surface area contributed by atoms with Crippen LogP contribution in [0.4, 0.5) is 23.3 Å². The highest BCUT2D eigenvalue weighted by Gasteiger charge is 2.39. The van der Waals surface area contributed by atoms with Crippen molar-refractivity contribution >= 4 is 66.7 Å². The first-order valence-electron chi connectivity index (χ1n) is 19.1. The molecule has 302 valence electrons. The molecule has 4 aromatic heterocycles. The Kier molecular flexibility index (Phi) is 16.3. The first-order chi connectivity index (χ1) is 26.5. The second-order valence-corrected chi connectivity index (χ2v) is 21.5. The first kappa shape index (κ1) is 44.3. The van der Waals surface area contributed by atoms with Crippen LogP contribution < -0.4 is 25.3 Å². The predicted octanol–water partition coefficient (Wildman–Crippen LogP) is 9.16. The topological polar surface area (TPSA) is 160 Å². The number of piperidine rings is 2. The van der Waals surface area contributed by atoms with Crippen molar-refractivity contribution < 1.29 is 19.1 Å². The largest absolute Gasteiger partial charge is 0.542 e. The van der Waals surface area contributed by atoms with Crippen LogP contribution in [0.25, 0.3) is 0 Å². The molecule has 2 aliphatic rings. The number of nitrogens with two attached hydrogens (primary N) is 1. The Bertz CT molecular complexity index is 1790. The zero-order valence-electron chi connectivity index (χ0n) is 33.3. The number of aromatic nitrogens is 4. The molecule has 0 spiro atoms. The lowest BCUT2D eigenvalue weighted by molar-refractivity contribution is -0.138. The van der Waals surface area contributed by atoms with Crippen LogP contribution in [0.3, 0.4) is 0 Å². The normalized spacial score (nSPS) is 15.1. The van der Waals surface area contributed by atoms with E-state index < -0.39 is 14.3 Å². The van der Waals surface area contributed by atoms with E-state index in [1.165, 1.54) is 0 Å². The number of carbonyl (C=O) groups excluding carboxylic acids is 1. The van der Waals surface area contributed by atoms with Gasteiger partial charge < -0.3 is 30.4 Å². The molecule has 12 nitrogen and oxygen atoms in total. The number of carbonyl (C=O) groups is 2. The molecule has 2 fully saturated rings. The third-order valence-corrected chi connectivity index (χ3v) is 15.2. The van der Waals surface area contributed by atoms with Gasteiger partial charge in [-0.15, -0.1) is 0 Å². The van der Waals surface area contributed by atoms with Gasteiger partial charge in [-0.05, 0) is 111 Å². The van der Waals surface area contributed by atoms with Crippen LogP contribution in [0.5, 0.6) is 5.75 Å². The minimum atomic E-state index is -1.90. The summed E-state index contributed by atoms with van der Waals surface area (Å²) in [5, 5.41) is 13.1. The van der Waals surface area contributed by atoms with Crippen molar-refractivity contribution in [2.45, 2.75) is 84.4 Å². The minimum absolute atomic E-state index is 0.00799. The van der Waals surface area contributed by atoms with Crippen LogP contribution in [0, 0.1) is 18.8 Å². The molecule has 1 amide bonds. The van der Waals surface area contributed by atoms with Crippen molar-refractivity contribution in [1.82, 2.24) is 19.9 Å². The molecule has 2 saturated heterocycles. The van der Waals surface area contributed by atoms with E-state index >= 15 is 0 Å². The Morgan fingerprint density at radius 3 is 1.71 bits per heavy atom. The van der Waals surface area contributed by atoms with Gasteiger partial charge >= 0.3 is 5.97 Å². The molecule has 6 rings (SSSR count). The van der Waals surface area contributed by atoms with Crippen LogP contribution >= 0.6 is 23.2 Å². The van der Waals surface area contributed by atoms with Crippen molar-refractivity contribution in [3.8, 4) is 5.75 Å². The highest BCUT2D eigenvalue weighted by molar-refractivity contribution is 6.74. The molecule has 0 bridgehead atoms. The molecule has 2 aliphatic heterocycles. The van der Waals surface area contributed by atoms with Crippen LogP contribution in [-0.2, 0) is 9.59 Å². The highest BCUT2D eigenvalue weighted by Crippen LogP contribution is 2.37. The van der Waals surface area contributed by atoms with Crippen molar-refractivity contribution in [2.24, 2.45) is 11.8 Å². The van der Waals surface area contributed by atoms with Gasteiger partial charge in [-0.3, -0.25) is 9.59 Å². The Morgan fingerprint density at radius 1 is 0.786 bits per heavy atom. The minimum Gasteiger partial charge on any atom is -0.542 e. The number of anilines is 4. The van der Waals surface area contributed by atoms with Crippen LogP contribution in [-0.4, -0.2) is 71.4 Å². The fourth-order valence-electron chi connectivity index (χ4n) is 5.99. The van der Waals surface area contributed by atoms with Gasteiger partial charge in [0, 0.05) is 57.6 Å². The molecule has 0 radical (unpaired) electrons. The molecule has 4 N–H and O–H groups in total. The Labute approximate surface area is 342 Å². The van der Waals surface area contributed by atoms with Crippen LogP contribution in [0.2, 0.25) is 28.2 Å². The maximum absolute atomic E-state index is 12.5. The van der Waals surface area contributed by atoms with E-state index in [4.69, 9.17) is 38.5 Å². The monoisotopic (exact) mass is 822 g/mol. The number of nitrogen functional groups attached to an aromatic ring is 1. The molecule has 0 unspecified atom stereocenters. The van der Waals surface area contributed by atoms with Crippen molar-refractivity contribution in [3.63, 3.8) is 0 Å². The maximum Gasteiger partial charge on any atom is 0.303 e. The average molecular weight is 824 g/mol. The van der Waals surface area contributed by atoms with E-state index in [0.29, 0.717) is 39.9 Å². The van der Waals surface area contributed by atoms with Gasteiger partial charge in [0.1, 0.15) is 29.0 Å². The number of carboxylic acids is 1. The van der Waals surface area contributed by atoms with Crippen molar-refractivity contribution in [3.05, 3.63) is 88.9 Å². The van der Waals surface area contributed by atoms with Crippen molar-refractivity contribution in [2.75, 3.05) is 47.0 Å². The van der Waals surface area contributed by atoms with Gasteiger partial charge in [-0.25, -0.2) is 19.9 Å². The zero-order chi connectivity index (χ0) is 40.9. The van der Waals surface area contributed by atoms with E-state index in [1.54, 1.807) is 30.9 Å². The van der Waals surface area contributed by atoms with Gasteiger partial charge in [0.15, 0.2) is 0 Å². The van der Waals surface area contributed by atoms with E-state index in [0.717, 1.165) is 74.8 Å². The second kappa shape index (κ2) is 20.6. The Morgan fingerprint density at radius 2 is 1.32 bits per heavy atom. The first-order valence-corrected chi connectivity index (χ1v) is 22.7. The number of pyridine rings is 4. The summed E-state index contributed by atoms with van der Waals surface area (Å²) in [6.07, 6.45) is 11.3. The van der Waals surface area contributed by atoms with Gasteiger partial charge in [0.05, 0.1) is 16.2 Å². The molecule has 0 saturated carbocycles. The summed E-state index contributed by atoms with van der Waals surface area (Å²) in [4.78, 5) is 44.4. The van der Waals surface area contributed by atoms with E-state index in [2.05, 4.69) is 68.9 Å². The fraction of sp³-hybridized carbons (Fsp3) is 0.463. The number of rotatable bonds is 9. The number of hydrogen-bond donors (Lipinski definition) is 3. The van der Waals surface area contributed by atoms with Crippen LogP contribution in [0.1, 0.15) is 64.9 Å². The number of amides is 1. The summed E-state index contributed by atoms with van der Waals surface area (Å²) >= 11 is 11.7. The lowest BCUT2D eigenvalue weighted by atomic mass is 9.93. The summed E-state index contributed by atoms with van der Waals surface area (Å²) in [7, 11) is -1.90. The molecule has 6 heterocycles. The number of nitrogens with one attached hydrogen (secondary N) is 1. The van der Waals surface area contributed by atoms with Gasteiger partial charge in [-0.1, -0.05) is 50.0 Å². The summed E-state index contributed by atoms with van der Waals surface area (Å²) < 4.78 is 6.25. The summed E-state index contributed by atoms with van der Waals surface area (Å²) in [5.41, 5.74) is 6.45. The number of nitrogens with zero attached hydrogens (tertiary/aromatic N) is 6. The molecular formula is C41H56Cl2N8O4Si. The lowest BCUT2D eigenvalue weighted by Gasteiger charge is -2.36. The van der Waals surface area contributed by atoms with E-state index in [9.17, 15) is 9.59 Å². The lowest BCUT2D eigenvalue weighted by Crippen LogP contribution is -2.43. The van der Waals surface area contributed by atoms with Gasteiger partial charge in [-0.2, -0.15) is 0 Å². The maximum atomic E-state index is 12.5. The van der Waals surface area contributed by atoms with E-state index in [1.807, 2.05) is 49.4 Å². The molecule has 15 heteroatoms. The van der Waals surface area contributed by atoms with Crippen molar-refractivity contribution in [1.29, 1.82) is 0 Å². The summed E-state index contributed by atoms with van der Waals surface area (Å²) in [6, 6.07) is 15.0. The number of halogens is 2. The highest BCUT2D eigenvalue weighted by atomic mass is 35.5. The molecule has 0 aromatic carbocycles. The number of aryl methyl sites for hydroxylation is 1. The Hall–Kier alpha value is -4.46. The zero-order valence-corrected chi connectivity index (χ0v) is 35.9. The molecule has 56 heavy (non-hydrogen) atoms. The number of carboxylic acid groups (broad SMARTS) is 1. The summed E-state index contributed by atoms with van der Waals surface area (Å²) in [5.74, 6) is 3.74. The summed E-state index contributed by atoms with van der Waals surface area (Å²) in [6.45, 7) is 16.5. The molecule has 0 aliphatic carbocycles. The standard InChI is InChI=1S/C23H33ClN4O2Si.C12H15ClN2O2.C6H8N2/c1-23(2,3)31(4,5)30-19-7-8-20(25-16-19)27-22(29)14-17-10-12-28(13-11-17)21-9-6-18(24)15-26-21;13-10-1-2-11(14-8-10)15-5-3-9(4-6-15)7-12(16)17;1-5-2-3-6(7)8-4-5/h6-9,15-17H,10-14H2,1-5H3,(H,25,27,29);1-2,8-9H,3-7H2,(H,16,17);2-4H,1H3,(H2,7,8). The number of aliphatic carboxylic acids is 1. The molecule has 4 aromatic rings. The fourth-order valence-corrected chi connectivity index (χ4v) is 7.23. The third kappa shape index (κ3) is 14.6. The molecular weight excluding hydrogens is 767 g/mol. The Balaban J connectivity index is 0.000000230. The van der Waals surface area contributed by atoms with E-state index in [-0.39, 0.29) is 17.4 Å². The second-order valence-electron chi connectivity index (χ2n) is 15.9. The van der Waals surface area contributed by atoms with Gasteiger partial charge in [0.25, 0.3) is 8.32 Å². The smallest absolute Gasteiger partial charge is 0.303 e.